The summed E-state index contributed by atoms with van der Waals surface area (Å²) in [7, 11) is 0. The Bertz CT molecular complexity index is 1430. The van der Waals surface area contributed by atoms with Gasteiger partial charge in [-0.3, -0.25) is 19.8 Å². The molecule has 0 aromatic heterocycles. The van der Waals surface area contributed by atoms with Crippen molar-refractivity contribution < 1.29 is 9.59 Å². The van der Waals surface area contributed by atoms with Gasteiger partial charge < -0.3 is 10.2 Å². The fourth-order valence-corrected chi connectivity index (χ4v) is 5.25. The molecule has 1 aliphatic rings. The minimum Gasteiger partial charge on any atom is -0.336 e. The van der Waals surface area contributed by atoms with Gasteiger partial charge in [0.2, 0.25) is 0 Å². The normalized spacial score (nSPS) is 13.6. The molecule has 1 fully saturated rings. The number of piperazine rings is 1. The SMILES string of the molecule is Cc1ccc(C(=O)NC(=S)Nc2ccccc2C(=O)N2CCN(C(c3ccccc3)c3ccccc3)CC2)cc1. The summed E-state index contributed by atoms with van der Waals surface area (Å²) >= 11 is 5.40. The molecule has 2 N–H and O–H groups in total. The van der Waals surface area contributed by atoms with E-state index >= 15 is 0 Å². The van der Waals surface area contributed by atoms with Crippen LogP contribution in [0.4, 0.5) is 5.69 Å². The number of carbonyl (C=O) groups excluding carboxylic acids is 2. The van der Waals surface area contributed by atoms with Crippen LogP contribution in [0.5, 0.6) is 0 Å². The second-order valence-corrected chi connectivity index (χ2v) is 10.3. The molecule has 0 saturated carbocycles. The van der Waals surface area contributed by atoms with Gasteiger partial charge >= 0.3 is 0 Å². The summed E-state index contributed by atoms with van der Waals surface area (Å²) in [5.41, 5.74) is 5.15. The number of hydrogen-bond donors (Lipinski definition) is 2. The maximum absolute atomic E-state index is 13.6. The van der Waals surface area contributed by atoms with Crippen molar-refractivity contribution in [3.63, 3.8) is 0 Å². The summed E-state index contributed by atoms with van der Waals surface area (Å²) < 4.78 is 0. The molecule has 202 valence electrons. The number of anilines is 1. The van der Waals surface area contributed by atoms with E-state index in [2.05, 4.69) is 64.1 Å². The summed E-state index contributed by atoms with van der Waals surface area (Å²) in [5.74, 6) is -0.366. The van der Waals surface area contributed by atoms with Crippen molar-refractivity contribution in [2.24, 2.45) is 0 Å². The summed E-state index contributed by atoms with van der Waals surface area (Å²) in [6.45, 7) is 4.68. The largest absolute Gasteiger partial charge is 0.336 e. The third kappa shape index (κ3) is 6.45. The Kier molecular flexibility index (Phi) is 8.64. The lowest BCUT2D eigenvalue weighted by atomic mass is 9.96. The smallest absolute Gasteiger partial charge is 0.257 e. The average Bonchev–Trinajstić information content (AvgIpc) is 2.99. The van der Waals surface area contributed by atoms with Crippen molar-refractivity contribution in [3.05, 3.63) is 137 Å². The van der Waals surface area contributed by atoms with Crippen molar-refractivity contribution in [1.82, 2.24) is 15.1 Å². The van der Waals surface area contributed by atoms with E-state index in [1.807, 2.05) is 48.2 Å². The van der Waals surface area contributed by atoms with Crippen LogP contribution in [0.2, 0.25) is 0 Å². The van der Waals surface area contributed by atoms with Crippen LogP contribution in [0.3, 0.4) is 0 Å². The van der Waals surface area contributed by atoms with Crippen molar-refractivity contribution >= 4 is 34.8 Å². The third-order valence-corrected chi connectivity index (χ3v) is 7.35. The molecule has 40 heavy (non-hydrogen) atoms. The van der Waals surface area contributed by atoms with E-state index in [0.29, 0.717) is 29.9 Å². The van der Waals surface area contributed by atoms with Crippen LogP contribution in [0.1, 0.15) is 43.4 Å². The van der Waals surface area contributed by atoms with Crippen molar-refractivity contribution in [3.8, 4) is 0 Å². The van der Waals surface area contributed by atoms with E-state index in [0.717, 1.165) is 18.7 Å². The monoisotopic (exact) mass is 548 g/mol. The zero-order chi connectivity index (χ0) is 27.9. The van der Waals surface area contributed by atoms with Gasteiger partial charge in [-0.1, -0.05) is 90.5 Å². The van der Waals surface area contributed by atoms with Gasteiger partial charge in [0, 0.05) is 31.7 Å². The Morgan fingerprint density at radius 3 is 1.88 bits per heavy atom. The van der Waals surface area contributed by atoms with Gasteiger partial charge in [0.1, 0.15) is 0 Å². The Balaban J connectivity index is 1.25. The standard InChI is InChI=1S/C33H32N4O2S/c1-24-16-18-27(19-17-24)31(38)35-33(40)34-29-15-9-8-14-28(29)32(39)37-22-20-36(21-23-37)30(25-10-4-2-5-11-25)26-12-6-3-7-13-26/h2-19,30H,20-23H2,1H3,(H2,34,35,38,40). The number of para-hydroxylation sites is 1. The lowest BCUT2D eigenvalue weighted by Crippen LogP contribution is -2.50. The van der Waals surface area contributed by atoms with Crippen LogP contribution < -0.4 is 10.6 Å². The van der Waals surface area contributed by atoms with Gasteiger partial charge in [-0.2, -0.15) is 0 Å². The summed E-state index contributed by atoms with van der Waals surface area (Å²) in [5, 5.41) is 5.91. The van der Waals surface area contributed by atoms with Gasteiger partial charge in [0.05, 0.1) is 17.3 Å². The number of aryl methyl sites for hydroxylation is 1. The van der Waals surface area contributed by atoms with Crippen LogP contribution in [0.15, 0.2) is 109 Å². The molecule has 2 amide bonds. The molecule has 4 aromatic carbocycles. The van der Waals surface area contributed by atoms with Crippen molar-refractivity contribution in [2.75, 3.05) is 31.5 Å². The van der Waals surface area contributed by atoms with E-state index in [1.165, 1.54) is 11.1 Å². The highest BCUT2D eigenvalue weighted by atomic mass is 32.1. The predicted octanol–water partition coefficient (Wildman–Crippen LogP) is 5.67. The molecule has 1 saturated heterocycles. The number of rotatable bonds is 6. The van der Waals surface area contributed by atoms with Crippen LogP contribution in [-0.2, 0) is 0 Å². The maximum atomic E-state index is 13.6. The number of nitrogens with zero attached hydrogens (tertiary/aromatic N) is 2. The second-order valence-electron chi connectivity index (χ2n) is 9.87. The van der Waals surface area contributed by atoms with Crippen LogP contribution in [-0.4, -0.2) is 52.9 Å². The lowest BCUT2D eigenvalue weighted by Gasteiger charge is -2.40. The topological polar surface area (TPSA) is 64.7 Å². The molecule has 0 atom stereocenters. The molecule has 1 aliphatic heterocycles. The average molecular weight is 549 g/mol. The first-order chi connectivity index (χ1) is 19.5. The Morgan fingerprint density at radius 1 is 0.725 bits per heavy atom. The molecule has 0 spiro atoms. The molecular weight excluding hydrogens is 516 g/mol. The molecule has 0 radical (unpaired) electrons. The van der Waals surface area contributed by atoms with Gasteiger partial charge in [-0.15, -0.1) is 0 Å². The Labute approximate surface area is 240 Å². The van der Waals surface area contributed by atoms with E-state index < -0.39 is 0 Å². The van der Waals surface area contributed by atoms with Crippen LogP contribution in [0.25, 0.3) is 0 Å². The predicted molar refractivity (Wildman–Crippen MR) is 164 cm³/mol. The highest BCUT2D eigenvalue weighted by Gasteiger charge is 2.29. The van der Waals surface area contributed by atoms with E-state index in [4.69, 9.17) is 12.2 Å². The molecule has 6 nitrogen and oxygen atoms in total. The van der Waals surface area contributed by atoms with Crippen LogP contribution in [0, 0.1) is 6.92 Å². The Morgan fingerprint density at radius 2 is 1.27 bits per heavy atom. The molecule has 7 heteroatoms. The number of hydrogen-bond acceptors (Lipinski definition) is 4. The van der Waals surface area contributed by atoms with Crippen molar-refractivity contribution in [1.29, 1.82) is 0 Å². The first-order valence-corrected chi connectivity index (χ1v) is 13.8. The van der Waals surface area contributed by atoms with Crippen molar-refractivity contribution in [2.45, 2.75) is 13.0 Å². The number of benzene rings is 4. The maximum Gasteiger partial charge on any atom is 0.257 e. The van der Waals surface area contributed by atoms with Gasteiger partial charge in [-0.25, -0.2) is 0 Å². The second kappa shape index (κ2) is 12.7. The Hall–Kier alpha value is -4.33. The zero-order valence-corrected chi connectivity index (χ0v) is 23.2. The summed E-state index contributed by atoms with van der Waals surface area (Å²) in [6.07, 6.45) is 0. The first kappa shape index (κ1) is 27.2. The molecule has 5 rings (SSSR count). The van der Waals surface area contributed by atoms with Crippen LogP contribution >= 0.6 is 12.2 Å². The van der Waals surface area contributed by atoms with E-state index in [1.54, 1.807) is 24.3 Å². The third-order valence-electron chi connectivity index (χ3n) is 7.14. The van der Waals surface area contributed by atoms with E-state index in [-0.39, 0.29) is 23.0 Å². The van der Waals surface area contributed by atoms with Gasteiger partial charge in [0.15, 0.2) is 5.11 Å². The minimum atomic E-state index is -0.302. The molecule has 0 bridgehead atoms. The summed E-state index contributed by atoms with van der Waals surface area (Å²) in [6, 6.07) is 35.7. The molecule has 4 aromatic rings. The van der Waals surface area contributed by atoms with Gasteiger partial charge in [0.25, 0.3) is 11.8 Å². The number of carbonyl (C=O) groups is 2. The highest BCUT2D eigenvalue weighted by Crippen LogP contribution is 2.30. The number of nitrogens with one attached hydrogen (secondary N) is 2. The number of amides is 2. The molecular formula is C33H32N4O2S. The quantitative estimate of drug-likeness (QED) is 0.304. The summed E-state index contributed by atoms with van der Waals surface area (Å²) in [4.78, 5) is 30.6. The fourth-order valence-electron chi connectivity index (χ4n) is 5.05. The molecule has 0 unspecified atom stereocenters. The highest BCUT2D eigenvalue weighted by molar-refractivity contribution is 7.80. The lowest BCUT2D eigenvalue weighted by molar-refractivity contribution is 0.0598. The van der Waals surface area contributed by atoms with E-state index in [9.17, 15) is 9.59 Å². The first-order valence-electron chi connectivity index (χ1n) is 13.4. The fraction of sp³-hybridized carbons (Fsp3) is 0.182. The van der Waals surface area contributed by atoms with Gasteiger partial charge in [-0.05, 0) is 54.5 Å². The molecule has 0 aliphatic carbocycles. The molecule has 1 heterocycles. The minimum absolute atomic E-state index is 0.0635. The zero-order valence-electron chi connectivity index (χ0n) is 22.4. The number of thiocarbonyl (C=S) groups is 1.